The number of hydrogen-bond donors (Lipinski definition) is 1. The minimum Gasteiger partial charge on any atom is -0.385 e. The van der Waals surface area contributed by atoms with Crippen molar-refractivity contribution in [3.8, 4) is 0 Å². The van der Waals surface area contributed by atoms with Gasteiger partial charge >= 0.3 is 0 Å². The zero-order chi connectivity index (χ0) is 20.3. The molecule has 28 heavy (non-hydrogen) atoms. The van der Waals surface area contributed by atoms with E-state index in [0.29, 0.717) is 11.0 Å². The molecule has 0 aliphatic rings. The molecule has 0 aliphatic heterocycles. The van der Waals surface area contributed by atoms with E-state index in [9.17, 15) is 13.2 Å². The van der Waals surface area contributed by atoms with E-state index in [0.717, 1.165) is 14.7 Å². The van der Waals surface area contributed by atoms with Crippen LogP contribution in [0.1, 0.15) is 18.5 Å². The monoisotopic (exact) mass is 403 g/mol. The Kier molecular flexibility index (Phi) is 5.61. The number of hydrogen-bond acceptors (Lipinski definition) is 6. The maximum absolute atomic E-state index is 12.3. The van der Waals surface area contributed by atoms with Crippen molar-refractivity contribution in [3.63, 3.8) is 0 Å². The van der Waals surface area contributed by atoms with Crippen LogP contribution in [-0.4, -0.2) is 54.5 Å². The third kappa shape index (κ3) is 4.12. The first kappa shape index (κ1) is 19.8. The van der Waals surface area contributed by atoms with Gasteiger partial charge in [0.25, 0.3) is 5.91 Å². The van der Waals surface area contributed by atoms with Gasteiger partial charge in [-0.25, -0.2) is 12.7 Å². The first-order chi connectivity index (χ1) is 13.3. The van der Waals surface area contributed by atoms with Crippen molar-refractivity contribution in [2.24, 2.45) is 0 Å². The van der Waals surface area contributed by atoms with E-state index < -0.39 is 10.0 Å². The Hall–Kier alpha value is -2.98. The van der Waals surface area contributed by atoms with Gasteiger partial charge in [0.05, 0.1) is 10.9 Å². The number of nitrogens with zero attached hydrogens (tertiary/aromatic N) is 4. The molecule has 0 spiro atoms. The van der Waals surface area contributed by atoms with Gasteiger partial charge < -0.3 is 10.2 Å². The van der Waals surface area contributed by atoms with Gasteiger partial charge in [0, 0.05) is 14.1 Å². The van der Waals surface area contributed by atoms with E-state index in [2.05, 4.69) is 15.6 Å². The average molecular weight is 403 g/mol. The third-order valence-electron chi connectivity index (χ3n) is 4.16. The van der Waals surface area contributed by atoms with E-state index >= 15 is 0 Å². The van der Waals surface area contributed by atoms with Crippen molar-refractivity contribution in [1.29, 1.82) is 0 Å². The molecule has 0 unspecified atom stereocenters. The molecule has 3 rings (SSSR count). The standard InChI is InChI=1S/C18H21N5O4S/c1-13(14-7-5-4-6-8-14)19-18(24)12-27-23-17-11-15(28(25,26)22(2)3)9-10-16(17)20-21-23/h4-11,13H,12H2,1-3H3,(H,19,24)/t13-/m0/s1. The summed E-state index contributed by atoms with van der Waals surface area (Å²) in [6.07, 6.45) is 0. The highest BCUT2D eigenvalue weighted by Crippen LogP contribution is 2.19. The molecular formula is C18H21N5O4S. The fourth-order valence-corrected chi connectivity index (χ4v) is 3.49. The number of carbonyl (C=O) groups excluding carboxylic acids is 1. The van der Waals surface area contributed by atoms with Gasteiger partial charge in [-0.3, -0.25) is 4.79 Å². The van der Waals surface area contributed by atoms with Crippen molar-refractivity contribution in [2.75, 3.05) is 20.7 Å². The number of aromatic nitrogens is 3. The molecule has 148 valence electrons. The predicted molar refractivity (Wildman–Crippen MR) is 103 cm³/mol. The molecule has 10 heteroatoms. The molecule has 9 nitrogen and oxygen atoms in total. The summed E-state index contributed by atoms with van der Waals surface area (Å²) < 4.78 is 25.7. The molecule has 0 aliphatic carbocycles. The Balaban J connectivity index is 1.71. The van der Waals surface area contributed by atoms with Gasteiger partial charge in [-0.1, -0.05) is 35.2 Å². The van der Waals surface area contributed by atoms with E-state index in [4.69, 9.17) is 4.84 Å². The number of rotatable bonds is 7. The SMILES string of the molecule is C[C@H](NC(=O)COn1nnc2ccc(S(=O)(=O)N(C)C)cc21)c1ccccc1. The molecule has 1 amide bonds. The molecule has 0 radical (unpaired) electrons. The lowest BCUT2D eigenvalue weighted by Crippen LogP contribution is -2.33. The number of carbonyl (C=O) groups is 1. The fourth-order valence-electron chi connectivity index (χ4n) is 2.57. The molecule has 3 aromatic rings. The van der Waals surface area contributed by atoms with Crippen LogP contribution >= 0.6 is 0 Å². The minimum absolute atomic E-state index is 0.0827. The maximum Gasteiger partial charge on any atom is 0.261 e. The number of nitrogens with one attached hydrogen (secondary N) is 1. The second-order valence-electron chi connectivity index (χ2n) is 6.37. The molecule has 0 saturated carbocycles. The van der Waals surface area contributed by atoms with Crippen LogP contribution in [0.4, 0.5) is 0 Å². The lowest BCUT2D eigenvalue weighted by molar-refractivity contribution is -0.127. The zero-order valence-electron chi connectivity index (χ0n) is 15.7. The van der Waals surface area contributed by atoms with E-state index in [1.165, 1.54) is 32.3 Å². The Morgan fingerprint density at radius 3 is 2.61 bits per heavy atom. The zero-order valence-corrected chi connectivity index (χ0v) is 16.5. The Morgan fingerprint density at radius 2 is 1.93 bits per heavy atom. The molecule has 1 N–H and O–H groups in total. The summed E-state index contributed by atoms with van der Waals surface area (Å²) in [5.41, 5.74) is 1.78. The van der Waals surface area contributed by atoms with Gasteiger partial charge in [0.15, 0.2) is 6.61 Å². The summed E-state index contributed by atoms with van der Waals surface area (Å²) >= 11 is 0. The molecular weight excluding hydrogens is 382 g/mol. The van der Waals surface area contributed by atoms with E-state index in [1.807, 2.05) is 37.3 Å². The van der Waals surface area contributed by atoms with Gasteiger partial charge in [-0.2, -0.15) is 0 Å². The Bertz CT molecular complexity index is 1080. The van der Waals surface area contributed by atoms with Crippen molar-refractivity contribution in [3.05, 3.63) is 54.1 Å². The van der Waals surface area contributed by atoms with Gasteiger partial charge in [0.1, 0.15) is 11.0 Å². The van der Waals surface area contributed by atoms with Gasteiger partial charge in [-0.05, 0) is 35.9 Å². The van der Waals surface area contributed by atoms with Gasteiger partial charge in [-0.15, -0.1) is 5.10 Å². The second-order valence-corrected chi connectivity index (χ2v) is 8.53. The molecule has 0 bridgehead atoms. The van der Waals surface area contributed by atoms with Crippen LogP contribution in [0.2, 0.25) is 0 Å². The normalized spacial score (nSPS) is 12.9. The predicted octanol–water partition coefficient (Wildman–Crippen LogP) is 0.988. The Morgan fingerprint density at radius 1 is 1.21 bits per heavy atom. The maximum atomic E-state index is 12.3. The Labute approximate surface area is 162 Å². The second kappa shape index (κ2) is 7.95. The summed E-state index contributed by atoms with van der Waals surface area (Å²) in [5.74, 6) is -0.336. The van der Waals surface area contributed by atoms with Crippen LogP contribution in [0, 0.1) is 0 Å². The average Bonchev–Trinajstić information content (AvgIpc) is 3.09. The first-order valence-electron chi connectivity index (χ1n) is 8.54. The summed E-state index contributed by atoms with van der Waals surface area (Å²) in [7, 11) is -0.715. The summed E-state index contributed by atoms with van der Waals surface area (Å²) in [4.78, 5) is 18.7. The highest BCUT2D eigenvalue weighted by atomic mass is 32.2. The van der Waals surface area contributed by atoms with Crippen LogP contribution in [0.3, 0.4) is 0 Å². The fraction of sp³-hybridized carbons (Fsp3) is 0.278. The van der Waals surface area contributed by atoms with Crippen LogP contribution in [-0.2, 0) is 14.8 Å². The van der Waals surface area contributed by atoms with Crippen LogP contribution in [0.25, 0.3) is 11.0 Å². The number of fused-ring (bicyclic) bond motifs is 1. The highest BCUT2D eigenvalue weighted by molar-refractivity contribution is 7.89. The van der Waals surface area contributed by atoms with Crippen molar-refractivity contribution in [2.45, 2.75) is 17.9 Å². The smallest absolute Gasteiger partial charge is 0.261 e. The molecule has 0 saturated heterocycles. The van der Waals surface area contributed by atoms with Gasteiger partial charge in [0.2, 0.25) is 10.0 Å². The third-order valence-corrected chi connectivity index (χ3v) is 5.97. The molecule has 1 atom stereocenters. The van der Waals surface area contributed by atoms with E-state index in [-0.39, 0.29) is 23.5 Å². The van der Waals surface area contributed by atoms with Crippen molar-refractivity contribution in [1.82, 2.24) is 24.8 Å². The topological polar surface area (TPSA) is 106 Å². The van der Waals surface area contributed by atoms with Crippen LogP contribution in [0.5, 0.6) is 0 Å². The van der Waals surface area contributed by atoms with Crippen molar-refractivity contribution < 1.29 is 18.0 Å². The van der Waals surface area contributed by atoms with E-state index in [1.54, 1.807) is 0 Å². The minimum atomic E-state index is -3.61. The lowest BCUT2D eigenvalue weighted by atomic mass is 10.1. The quantitative estimate of drug-likeness (QED) is 0.630. The first-order valence-corrected chi connectivity index (χ1v) is 9.98. The largest absolute Gasteiger partial charge is 0.385 e. The number of sulfonamides is 1. The summed E-state index contributed by atoms with van der Waals surface area (Å²) in [5, 5.41) is 10.6. The molecule has 1 aromatic heterocycles. The summed E-state index contributed by atoms with van der Waals surface area (Å²) in [6.45, 7) is 1.58. The van der Waals surface area contributed by atoms with Crippen LogP contribution < -0.4 is 10.2 Å². The highest BCUT2D eigenvalue weighted by Gasteiger charge is 2.19. The van der Waals surface area contributed by atoms with Crippen LogP contribution in [0.15, 0.2) is 53.4 Å². The summed E-state index contributed by atoms with van der Waals surface area (Å²) in [6, 6.07) is 13.8. The molecule has 2 aromatic carbocycles. The number of amides is 1. The lowest BCUT2D eigenvalue weighted by Gasteiger charge is -2.14. The number of benzene rings is 2. The molecule has 0 fully saturated rings. The van der Waals surface area contributed by atoms with Crippen molar-refractivity contribution >= 4 is 27.0 Å². The molecule has 1 heterocycles.